The fraction of sp³-hybridized carbons (Fsp3) is 0.645. The van der Waals surface area contributed by atoms with E-state index in [4.69, 9.17) is 15.2 Å². The Labute approximate surface area is 862 Å². The number of nitrogen functional groups attached to an aromatic ring is 1. The fourth-order valence-electron chi connectivity index (χ4n) is 18.8. The molecule has 7 amide bonds. The summed E-state index contributed by atoms with van der Waals surface area (Å²) in [6.07, 6.45) is -36.9. The Kier molecular flexibility index (Phi) is 48.1. The SMILES string of the molecule is C[C@H]1C[C@H]2[C@@H]3CCC4=CC(=O)C=C[C@]4(C)[C@@]3(F)[C@@H](O)C[C@@]2(C)[C@@]1(O)C(=O)COC(=O)OCCSSC[C@@H](NC(=O)[C@H](CCC(=O)NC[C@H](O)[C@@H](O)[C@H](O)[C@H](O)CO)CC(=O)[C@@H](CCC(=O)O)NC(=O)[C@H](CCC(=O)NC[C@H](O)[C@@H](O)[C@H](O)[C@H](O)CO)CC(=O)[C@@H](CCC(=O)O)NC(=O)[C@H](CCC(=O)NC[C@H](O)[C@@H](O)[C@H](O)[C@H](O)CO)CC(=O)CC[C@@H](NC(=O)c1ccc(NCc2cnc3nc(N)[nH]c(=O)c3n2)cc1)C(=O)O)C(=O)O. The molecule has 0 radical (unpaired) electrons. The predicted molar refractivity (Wildman–Crippen MR) is 516 cm³/mol. The molecule has 1 aromatic carbocycles. The van der Waals surface area contributed by atoms with E-state index in [1.807, 2.05) is 0 Å². The number of aromatic amines is 1. The molecule has 4 aliphatic carbocycles. The van der Waals surface area contributed by atoms with Gasteiger partial charge in [0.2, 0.25) is 47.2 Å². The number of amides is 7. The molecule has 0 spiro atoms. The summed E-state index contributed by atoms with van der Waals surface area (Å²) in [5.41, 5.74) is -1.51. The number of aliphatic hydroxyl groups excluding tert-OH is 16. The van der Waals surface area contributed by atoms with Crippen molar-refractivity contribution in [2.24, 2.45) is 46.3 Å². The normalized spacial score (nSPS) is 23.0. The van der Waals surface area contributed by atoms with Crippen LogP contribution in [0.5, 0.6) is 0 Å². The Morgan fingerprint density at radius 1 is 0.567 bits per heavy atom. The zero-order valence-electron chi connectivity index (χ0n) is 81.8. The van der Waals surface area contributed by atoms with E-state index in [0.717, 1.165) is 21.6 Å². The van der Waals surface area contributed by atoms with Gasteiger partial charge in [0.15, 0.2) is 40.8 Å². The third kappa shape index (κ3) is 33.9. The zero-order valence-corrected chi connectivity index (χ0v) is 83.4. The van der Waals surface area contributed by atoms with Crippen molar-refractivity contribution in [3.05, 3.63) is 75.9 Å². The number of Topliss-reactive ketones (excluding diaryl/α,β-unsaturated/α-hetero) is 4. The lowest BCUT2D eigenvalue weighted by Gasteiger charge is -2.62. The number of nitrogens with two attached hydrogens (primary N) is 1. The molecule has 3 aromatic rings. The lowest BCUT2D eigenvalue weighted by atomic mass is 9.44. The number of aliphatic carboxylic acids is 4. The lowest BCUT2D eigenvalue weighted by Crippen LogP contribution is -2.69. The van der Waals surface area contributed by atoms with Gasteiger partial charge in [-0.2, -0.15) is 4.98 Å². The van der Waals surface area contributed by atoms with E-state index in [0.29, 0.717) is 17.7 Å². The molecule has 3 saturated carbocycles. The number of halogens is 1. The second kappa shape index (κ2) is 57.6. The molecule has 0 bridgehead atoms. The molecule has 834 valence electrons. The number of nitrogens with one attached hydrogen (secondary N) is 9. The van der Waals surface area contributed by atoms with Crippen LogP contribution in [0.25, 0.3) is 11.2 Å². The number of carboxylic acid groups (broad SMARTS) is 4. The number of alkyl halides is 1. The first-order valence-corrected chi connectivity index (χ1v) is 50.4. The van der Waals surface area contributed by atoms with E-state index in [1.165, 1.54) is 48.7 Å². The van der Waals surface area contributed by atoms with E-state index >= 15 is 14.0 Å². The number of H-pyrrole nitrogens is 1. The van der Waals surface area contributed by atoms with Crippen LogP contribution in [-0.4, -0.2) is 406 Å². The number of carbonyl (C=O) groups is 17. The highest BCUT2D eigenvalue weighted by atomic mass is 33.1. The van der Waals surface area contributed by atoms with E-state index < -0.39 is 416 Å². The van der Waals surface area contributed by atoms with Crippen molar-refractivity contribution in [1.82, 2.24) is 57.2 Å². The number of ketones is 5. The zero-order chi connectivity index (χ0) is 112. The second-order valence-electron chi connectivity index (χ2n) is 37.9. The van der Waals surface area contributed by atoms with Crippen molar-refractivity contribution >= 4 is 145 Å². The Bertz CT molecular complexity index is 5380. The summed E-state index contributed by atoms with van der Waals surface area (Å²) in [6, 6.07) is -2.62. The van der Waals surface area contributed by atoms with Crippen LogP contribution in [0.4, 0.5) is 20.8 Å². The summed E-state index contributed by atoms with van der Waals surface area (Å²) in [4.78, 5) is 260. The number of carbonyl (C=O) groups excluding carboxylic acids is 13. The molecule has 150 heavy (non-hydrogen) atoms. The van der Waals surface area contributed by atoms with Crippen LogP contribution in [0.3, 0.4) is 0 Å². The van der Waals surface area contributed by atoms with Gasteiger partial charge in [-0.05, 0) is 119 Å². The number of ether oxygens (including phenoxy) is 2. The lowest BCUT2D eigenvalue weighted by molar-refractivity contribution is -0.219. The predicted octanol–water partition coefficient (Wildman–Crippen LogP) is -7.69. The highest BCUT2D eigenvalue weighted by molar-refractivity contribution is 8.76. The number of aromatic nitrogens is 4. The van der Waals surface area contributed by atoms with Crippen molar-refractivity contribution in [2.45, 2.75) is 264 Å². The molecule has 54 nitrogen and oxygen atoms in total. The van der Waals surface area contributed by atoms with Gasteiger partial charge in [-0.25, -0.2) is 28.7 Å². The Morgan fingerprint density at radius 2 is 1.03 bits per heavy atom. The van der Waals surface area contributed by atoms with Crippen molar-refractivity contribution in [3.63, 3.8) is 0 Å². The number of carboxylic acids is 4. The minimum absolute atomic E-state index is 0.00880. The molecule has 2 aromatic heterocycles. The van der Waals surface area contributed by atoms with Gasteiger partial charge >= 0.3 is 30.0 Å². The number of allylic oxidation sites excluding steroid dienone is 4. The molecule has 32 N–H and O–H groups in total. The molecule has 7 rings (SSSR count). The largest absolute Gasteiger partial charge is 0.508 e. The van der Waals surface area contributed by atoms with E-state index in [1.54, 1.807) is 20.8 Å². The van der Waals surface area contributed by atoms with E-state index in [2.05, 4.69) is 62.5 Å². The van der Waals surface area contributed by atoms with Crippen LogP contribution in [0.2, 0.25) is 0 Å². The Morgan fingerprint density at radius 3 is 1.49 bits per heavy atom. The van der Waals surface area contributed by atoms with Gasteiger partial charge in [0.25, 0.3) is 11.5 Å². The summed E-state index contributed by atoms with van der Waals surface area (Å²) in [7, 11) is 1.59. The van der Waals surface area contributed by atoms with Crippen LogP contribution in [-0.2, 0) is 87.9 Å². The van der Waals surface area contributed by atoms with Crippen molar-refractivity contribution < 1.29 is 203 Å². The third-order valence-corrected chi connectivity index (χ3v) is 29.9. The monoisotopic (exact) mass is 2170 g/mol. The van der Waals surface area contributed by atoms with E-state index in [-0.39, 0.29) is 65.7 Å². The molecule has 27 atom stereocenters. The first kappa shape index (κ1) is 125. The molecule has 2 heterocycles. The van der Waals surface area contributed by atoms with Gasteiger partial charge in [-0.15, -0.1) is 0 Å². The highest BCUT2D eigenvalue weighted by Crippen LogP contribution is 2.71. The number of hydrogen-bond donors (Lipinski definition) is 31. The topological polar surface area (TPSA) is 927 Å². The maximum atomic E-state index is 17.8. The maximum absolute atomic E-state index is 17.8. The first-order chi connectivity index (χ1) is 70.5. The first-order valence-electron chi connectivity index (χ1n) is 47.9. The maximum Gasteiger partial charge on any atom is 0.508 e. The summed E-state index contributed by atoms with van der Waals surface area (Å²) < 4.78 is 28.1. The Balaban J connectivity index is 1.10. The summed E-state index contributed by atoms with van der Waals surface area (Å²) in [6.45, 7) is -2.89. The molecule has 4 aliphatic rings. The molecule has 0 saturated heterocycles. The van der Waals surface area contributed by atoms with Gasteiger partial charge < -0.3 is 165 Å². The number of benzene rings is 1. The van der Waals surface area contributed by atoms with Gasteiger partial charge in [-0.3, -0.25) is 76.9 Å². The molecule has 3 fully saturated rings. The molecule has 0 unspecified atom stereocenters. The Hall–Kier alpha value is -11.7. The van der Waals surface area contributed by atoms with Gasteiger partial charge in [0, 0.05) is 135 Å². The van der Waals surface area contributed by atoms with E-state index in [9.17, 15) is 184 Å². The van der Waals surface area contributed by atoms with Crippen LogP contribution in [0, 0.1) is 46.3 Å². The van der Waals surface area contributed by atoms with Gasteiger partial charge in [-0.1, -0.05) is 47.1 Å². The minimum Gasteiger partial charge on any atom is -0.481 e. The standard InChI is InChI=1S/C93H132FN13O41S2/c1-42-26-53-52-13-9-47-30-51(112)22-23-90(47,2)92(52,94)66(121)31-91(53,3)93(42,146)67(122)40-148-89(145)147-24-25-149-150-41-57(87(143)144)105-84(139)46(8-19-70(125)99-36-62(117)76(132)79(135)65(120)39-110)29-59(114)55(16-21-72(128)129)103-83(138)45(7-18-69(124)98-35-61(116)75(131)78(134)64(119)38-109)28-58(113)54(15-20-71(126)127)102-82(137)44(6-17-68(123)97-34-60(115)74(130)77(133)63(118)37-108)27-50(111)12-14-56(86(141)142)104-81(136)43-4-10-48(11-5-43)96-32-49-33-100-80-73(101-49)85(140)107-88(95)106-80/h4-5,10-11,22-23,30,33,42,44-46,52-57,60-66,74-79,96,108-110,115-121,130-135,146H,6-9,12-21,24-29,31-32,34-41H2,1-3H3,(H,97,123)(H,98,124)(H,99,125)(H,102,137)(H,103,138)(H,104,136)(H,105,139)(H,126,127)(H,128,129)(H,141,142)(H,143,144)(H3,95,100,106,107,140)/t42-,44+,45+,46+,52-,53-,54+,55+,56+,57+,60-,61-,62-,63+,64+,65+,66-,74+,75+,76+,77+,78+,79+,90-,91+,92-,93-/m0/s1. The van der Waals surface area contributed by atoms with Crippen LogP contribution in [0.15, 0.2) is 59.1 Å². The van der Waals surface area contributed by atoms with Crippen molar-refractivity contribution in [1.29, 1.82) is 0 Å². The smallest absolute Gasteiger partial charge is 0.481 e. The summed E-state index contributed by atoms with van der Waals surface area (Å²) in [5.74, 6) is -29.2. The van der Waals surface area contributed by atoms with Crippen molar-refractivity contribution in [3.8, 4) is 0 Å². The second-order valence-corrected chi connectivity index (χ2v) is 40.5. The third-order valence-electron chi connectivity index (χ3n) is 27.6. The highest BCUT2D eigenvalue weighted by Gasteiger charge is 2.76. The number of rotatable bonds is 66. The average molecular weight is 2170 g/mol. The number of aliphatic hydroxyl groups is 17. The molecular weight excluding hydrogens is 2040 g/mol. The molecular formula is C93H132FN13O41S2. The summed E-state index contributed by atoms with van der Waals surface area (Å²) >= 11 is 0. The molecule has 57 heteroatoms. The quantitative estimate of drug-likeness (QED) is 0.0142. The number of anilines is 2. The van der Waals surface area contributed by atoms with Gasteiger partial charge in [0.05, 0.1) is 74.8 Å². The minimum atomic E-state index is -2.29. The van der Waals surface area contributed by atoms with Crippen LogP contribution >= 0.6 is 21.6 Å². The van der Waals surface area contributed by atoms with Crippen LogP contribution in [0.1, 0.15) is 159 Å². The van der Waals surface area contributed by atoms with Crippen LogP contribution < -0.4 is 53.8 Å². The molecule has 0 aliphatic heterocycles. The number of nitrogens with zero attached hydrogens (tertiary/aromatic N) is 3. The van der Waals surface area contributed by atoms with Crippen molar-refractivity contribution in [2.75, 3.05) is 75.2 Å². The fourth-order valence-corrected chi connectivity index (χ4v) is 20.7. The number of fused-ring (bicyclic) bond motifs is 6. The average Bonchev–Trinajstić information content (AvgIpc) is 1.53. The number of hydrogen-bond acceptors (Lipinski definition) is 44. The van der Waals surface area contributed by atoms with Gasteiger partial charge in [0.1, 0.15) is 85.0 Å². The summed E-state index contributed by atoms with van der Waals surface area (Å²) in [5, 5.41) is 235.